The number of benzene rings is 2. The molecule has 0 spiro atoms. The van der Waals surface area contributed by atoms with E-state index in [-0.39, 0.29) is 5.75 Å². The molecule has 2 aromatic rings. The molecule has 1 atom stereocenters. The second kappa shape index (κ2) is 7.77. The zero-order valence-corrected chi connectivity index (χ0v) is 13.3. The zero-order valence-electron chi connectivity index (χ0n) is 12.4. The van der Waals surface area contributed by atoms with Gasteiger partial charge in [0.15, 0.2) is 5.11 Å². The minimum atomic E-state index is -0.720. The summed E-state index contributed by atoms with van der Waals surface area (Å²) in [5.41, 5.74) is 1.58. The Labute approximate surface area is 136 Å². The number of likely N-dealkylation sites (N-methyl/N-ethyl adjacent to an activating group) is 1. The number of aliphatic hydroxyl groups excluding tert-OH is 1. The van der Waals surface area contributed by atoms with Crippen LogP contribution in [0.4, 0.5) is 5.69 Å². The van der Waals surface area contributed by atoms with Gasteiger partial charge >= 0.3 is 0 Å². The third-order valence-corrected chi connectivity index (χ3v) is 3.70. The average molecular weight is 316 g/mol. The van der Waals surface area contributed by atoms with Crippen LogP contribution in [0.3, 0.4) is 0 Å². The molecule has 0 amide bonds. The Morgan fingerprint density at radius 2 is 1.91 bits per heavy atom. The summed E-state index contributed by atoms with van der Waals surface area (Å²) < 4.78 is 0. The van der Waals surface area contributed by atoms with Crippen LogP contribution in [-0.2, 0) is 0 Å². The molecule has 5 heteroatoms. The first kappa shape index (κ1) is 16.3. The van der Waals surface area contributed by atoms with Crippen LogP contribution in [0.15, 0.2) is 54.6 Å². The average Bonchev–Trinajstić information content (AvgIpc) is 2.53. The first-order valence-corrected chi connectivity index (χ1v) is 7.59. The highest BCUT2D eigenvalue weighted by Crippen LogP contribution is 2.19. The number of phenols is 1. The summed E-state index contributed by atoms with van der Waals surface area (Å²) in [4.78, 5) is 1.89. The van der Waals surface area contributed by atoms with Crippen molar-refractivity contribution in [3.63, 3.8) is 0 Å². The molecule has 0 aliphatic rings. The number of aromatic hydroxyl groups is 1. The van der Waals surface area contributed by atoms with E-state index in [1.54, 1.807) is 24.3 Å². The third kappa shape index (κ3) is 4.44. The first-order valence-electron chi connectivity index (χ1n) is 7.18. The van der Waals surface area contributed by atoms with E-state index in [2.05, 4.69) is 5.32 Å². The van der Waals surface area contributed by atoms with Crippen molar-refractivity contribution in [3.05, 3.63) is 60.2 Å². The van der Waals surface area contributed by atoms with E-state index in [0.29, 0.717) is 23.8 Å². The van der Waals surface area contributed by atoms with Crippen molar-refractivity contribution >= 4 is 23.0 Å². The topological polar surface area (TPSA) is 55.7 Å². The van der Waals surface area contributed by atoms with Crippen molar-refractivity contribution in [2.75, 3.05) is 18.4 Å². The molecule has 0 radical (unpaired) electrons. The molecule has 0 aliphatic carbocycles. The summed E-state index contributed by atoms with van der Waals surface area (Å²) in [6, 6.07) is 16.3. The Balaban J connectivity index is 2.00. The molecule has 0 aliphatic heterocycles. The lowest BCUT2D eigenvalue weighted by Crippen LogP contribution is -2.37. The van der Waals surface area contributed by atoms with Crippen molar-refractivity contribution in [1.29, 1.82) is 0 Å². The number of hydrogen-bond acceptors (Lipinski definition) is 3. The van der Waals surface area contributed by atoms with E-state index in [1.165, 1.54) is 0 Å². The zero-order chi connectivity index (χ0) is 15.9. The lowest BCUT2D eigenvalue weighted by Gasteiger charge is -2.27. The van der Waals surface area contributed by atoms with E-state index in [1.807, 2.05) is 42.2 Å². The van der Waals surface area contributed by atoms with Crippen LogP contribution < -0.4 is 5.32 Å². The minimum Gasteiger partial charge on any atom is -0.508 e. The van der Waals surface area contributed by atoms with Gasteiger partial charge in [-0.25, -0.2) is 0 Å². The number of nitrogens with one attached hydrogen (secondary N) is 1. The highest BCUT2D eigenvalue weighted by Gasteiger charge is 2.15. The van der Waals surface area contributed by atoms with E-state index in [0.717, 1.165) is 5.69 Å². The van der Waals surface area contributed by atoms with Crippen molar-refractivity contribution < 1.29 is 10.2 Å². The highest BCUT2D eigenvalue weighted by atomic mass is 32.1. The normalized spacial score (nSPS) is 11.7. The second-order valence-corrected chi connectivity index (χ2v) is 5.33. The van der Waals surface area contributed by atoms with E-state index < -0.39 is 6.10 Å². The largest absolute Gasteiger partial charge is 0.508 e. The fourth-order valence-electron chi connectivity index (χ4n) is 2.13. The Morgan fingerprint density at radius 1 is 1.18 bits per heavy atom. The Morgan fingerprint density at radius 3 is 2.55 bits per heavy atom. The Bertz CT molecular complexity index is 619. The molecule has 2 aromatic carbocycles. The van der Waals surface area contributed by atoms with Crippen LogP contribution in [0.2, 0.25) is 0 Å². The number of rotatable bonds is 5. The van der Waals surface area contributed by atoms with Crippen molar-refractivity contribution in [2.45, 2.75) is 13.0 Å². The molecule has 0 bridgehead atoms. The summed E-state index contributed by atoms with van der Waals surface area (Å²) in [7, 11) is 0. The predicted octanol–water partition coefficient (Wildman–Crippen LogP) is 3.14. The smallest absolute Gasteiger partial charge is 0.173 e. The van der Waals surface area contributed by atoms with Gasteiger partial charge in [0.2, 0.25) is 0 Å². The maximum atomic E-state index is 10.3. The van der Waals surface area contributed by atoms with Crippen LogP contribution in [-0.4, -0.2) is 33.3 Å². The molecular weight excluding hydrogens is 296 g/mol. The van der Waals surface area contributed by atoms with Gasteiger partial charge in [-0.2, -0.15) is 0 Å². The second-order valence-electron chi connectivity index (χ2n) is 4.95. The van der Waals surface area contributed by atoms with Crippen LogP contribution in [0.5, 0.6) is 5.75 Å². The number of aliphatic hydroxyl groups is 1. The van der Waals surface area contributed by atoms with E-state index in [9.17, 15) is 10.2 Å². The van der Waals surface area contributed by atoms with Gasteiger partial charge in [-0.05, 0) is 49.0 Å². The van der Waals surface area contributed by atoms with E-state index >= 15 is 0 Å². The summed E-state index contributed by atoms with van der Waals surface area (Å²) >= 11 is 5.41. The highest BCUT2D eigenvalue weighted by molar-refractivity contribution is 7.80. The van der Waals surface area contributed by atoms with Crippen molar-refractivity contribution in [1.82, 2.24) is 4.90 Å². The van der Waals surface area contributed by atoms with Crippen molar-refractivity contribution in [3.8, 4) is 5.75 Å². The minimum absolute atomic E-state index is 0.143. The number of nitrogens with zero attached hydrogens (tertiary/aromatic N) is 1. The van der Waals surface area contributed by atoms with Gasteiger partial charge in [0.1, 0.15) is 5.75 Å². The van der Waals surface area contributed by atoms with E-state index in [4.69, 9.17) is 12.2 Å². The predicted molar refractivity (Wildman–Crippen MR) is 93.0 cm³/mol. The van der Waals surface area contributed by atoms with Gasteiger partial charge in [-0.3, -0.25) is 0 Å². The number of thiocarbonyl (C=S) groups is 1. The lowest BCUT2D eigenvalue weighted by atomic mass is 10.1. The first-order chi connectivity index (χ1) is 10.6. The number of hydrogen-bond donors (Lipinski definition) is 3. The molecule has 4 nitrogen and oxygen atoms in total. The third-order valence-electron chi connectivity index (χ3n) is 3.34. The fraction of sp³-hybridized carbons (Fsp3) is 0.235. The SMILES string of the molecule is CCN(C[C@@H](O)c1cccc(O)c1)C(=S)Nc1ccccc1. The maximum absolute atomic E-state index is 10.3. The van der Waals surface area contributed by atoms with Crippen LogP contribution >= 0.6 is 12.2 Å². The summed E-state index contributed by atoms with van der Waals surface area (Å²) in [6.45, 7) is 3.02. The Hall–Kier alpha value is -2.11. The molecule has 0 saturated heterocycles. The van der Waals surface area contributed by atoms with Gasteiger partial charge in [0, 0.05) is 12.2 Å². The number of phenolic OH excluding ortho intramolecular Hbond substituents is 1. The molecule has 3 N–H and O–H groups in total. The van der Waals surface area contributed by atoms with Crippen LogP contribution in [0.1, 0.15) is 18.6 Å². The Kier molecular flexibility index (Phi) is 5.75. The molecule has 0 unspecified atom stereocenters. The molecule has 2 rings (SSSR count). The fourth-order valence-corrected chi connectivity index (χ4v) is 2.45. The quantitative estimate of drug-likeness (QED) is 0.740. The van der Waals surface area contributed by atoms with Gasteiger partial charge < -0.3 is 20.4 Å². The molecule has 0 heterocycles. The summed E-state index contributed by atoms with van der Waals surface area (Å²) in [6.07, 6.45) is -0.720. The number of para-hydroxylation sites is 1. The molecule has 0 aromatic heterocycles. The van der Waals surface area contributed by atoms with Crippen LogP contribution in [0, 0.1) is 0 Å². The standard InChI is InChI=1S/C17H20N2O2S/c1-2-19(17(22)18-14-8-4-3-5-9-14)12-16(21)13-7-6-10-15(20)11-13/h3-11,16,20-21H,2,12H2,1H3,(H,18,22)/t16-/m1/s1. The summed E-state index contributed by atoms with van der Waals surface area (Å²) in [5.74, 6) is 0.143. The molecule has 116 valence electrons. The van der Waals surface area contributed by atoms with Gasteiger partial charge in [-0.15, -0.1) is 0 Å². The molecule has 22 heavy (non-hydrogen) atoms. The summed E-state index contributed by atoms with van der Waals surface area (Å²) in [5, 5.41) is 23.5. The van der Waals surface area contributed by atoms with Gasteiger partial charge in [0.25, 0.3) is 0 Å². The van der Waals surface area contributed by atoms with Gasteiger partial charge in [0.05, 0.1) is 12.6 Å². The monoisotopic (exact) mass is 316 g/mol. The van der Waals surface area contributed by atoms with Gasteiger partial charge in [-0.1, -0.05) is 30.3 Å². The lowest BCUT2D eigenvalue weighted by molar-refractivity contribution is 0.146. The number of anilines is 1. The maximum Gasteiger partial charge on any atom is 0.173 e. The molecule has 0 saturated carbocycles. The molecule has 0 fully saturated rings. The van der Waals surface area contributed by atoms with Crippen LogP contribution in [0.25, 0.3) is 0 Å². The van der Waals surface area contributed by atoms with Crippen molar-refractivity contribution in [2.24, 2.45) is 0 Å². The molecular formula is C17H20N2O2S.